The number of anilines is 1. The smallest absolute Gasteiger partial charge is 0.412 e. The number of ether oxygens (including phenoxy) is 1. The van der Waals surface area contributed by atoms with Crippen molar-refractivity contribution in [2.45, 2.75) is 32.8 Å². The molecular weight excluding hydrogens is 280 g/mol. The zero-order valence-electron chi connectivity index (χ0n) is 11.8. The van der Waals surface area contributed by atoms with Crippen LogP contribution >= 0.6 is 11.6 Å². The van der Waals surface area contributed by atoms with E-state index in [9.17, 15) is 9.59 Å². The van der Waals surface area contributed by atoms with Crippen LogP contribution in [0.1, 0.15) is 37.6 Å². The lowest BCUT2D eigenvalue weighted by molar-refractivity contribution is 0.0636. The molecular formula is C14H19ClN2O3. The summed E-state index contributed by atoms with van der Waals surface area (Å²) in [7, 11) is 0. The number of hydrogen-bond donors (Lipinski definition) is 2. The SMILES string of the molecule is CC(C)(C)OC(=O)Nc1ccc(Cl)cc1C(=O)CCN. The van der Waals surface area contributed by atoms with Crippen molar-refractivity contribution >= 4 is 29.2 Å². The van der Waals surface area contributed by atoms with E-state index in [1.165, 1.54) is 6.07 Å². The zero-order valence-corrected chi connectivity index (χ0v) is 12.6. The molecule has 0 unspecified atom stereocenters. The molecule has 1 aromatic rings. The first kappa shape index (κ1) is 16.5. The third-order valence-corrected chi connectivity index (χ3v) is 2.52. The van der Waals surface area contributed by atoms with Gasteiger partial charge in [0.2, 0.25) is 0 Å². The molecule has 0 saturated heterocycles. The van der Waals surface area contributed by atoms with E-state index >= 15 is 0 Å². The van der Waals surface area contributed by atoms with E-state index < -0.39 is 11.7 Å². The second kappa shape index (κ2) is 6.72. The van der Waals surface area contributed by atoms with Crippen LogP contribution in [0.15, 0.2) is 18.2 Å². The third-order valence-electron chi connectivity index (χ3n) is 2.29. The molecule has 0 fully saturated rings. The number of halogens is 1. The largest absolute Gasteiger partial charge is 0.444 e. The first-order valence-electron chi connectivity index (χ1n) is 6.26. The monoisotopic (exact) mass is 298 g/mol. The summed E-state index contributed by atoms with van der Waals surface area (Å²) in [5.74, 6) is -0.180. The van der Waals surface area contributed by atoms with Gasteiger partial charge in [-0.1, -0.05) is 11.6 Å². The van der Waals surface area contributed by atoms with Gasteiger partial charge in [-0.3, -0.25) is 10.1 Å². The maximum absolute atomic E-state index is 12.0. The van der Waals surface area contributed by atoms with E-state index in [1.54, 1.807) is 32.9 Å². The summed E-state index contributed by atoms with van der Waals surface area (Å²) in [6.45, 7) is 5.51. The lowest BCUT2D eigenvalue weighted by Crippen LogP contribution is -2.27. The highest BCUT2D eigenvalue weighted by molar-refractivity contribution is 6.31. The molecule has 6 heteroatoms. The van der Waals surface area contributed by atoms with Gasteiger partial charge in [-0.25, -0.2) is 4.79 Å². The number of amides is 1. The highest BCUT2D eigenvalue weighted by Crippen LogP contribution is 2.23. The molecule has 110 valence electrons. The fourth-order valence-corrected chi connectivity index (χ4v) is 1.71. The van der Waals surface area contributed by atoms with Gasteiger partial charge >= 0.3 is 6.09 Å². The van der Waals surface area contributed by atoms with E-state index in [2.05, 4.69) is 5.32 Å². The molecule has 0 heterocycles. The van der Waals surface area contributed by atoms with Crippen molar-refractivity contribution in [3.8, 4) is 0 Å². The summed E-state index contributed by atoms with van der Waals surface area (Å²) in [6, 6.07) is 4.66. The second-order valence-corrected chi connectivity index (χ2v) is 5.72. The molecule has 20 heavy (non-hydrogen) atoms. The highest BCUT2D eigenvalue weighted by Gasteiger charge is 2.19. The standard InChI is InChI=1S/C14H19ClN2O3/c1-14(2,3)20-13(19)17-11-5-4-9(15)8-10(11)12(18)6-7-16/h4-5,8H,6-7,16H2,1-3H3,(H,17,19). The van der Waals surface area contributed by atoms with Gasteiger partial charge < -0.3 is 10.5 Å². The summed E-state index contributed by atoms with van der Waals surface area (Å²) in [6.07, 6.45) is -0.440. The Morgan fingerprint density at radius 1 is 1.35 bits per heavy atom. The van der Waals surface area contributed by atoms with Crippen LogP contribution in [0.4, 0.5) is 10.5 Å². The number of benzene rings is 1. The van der Waals surface area contributed by atoms with Crippen molar-refractivity contribution in [2.75, 3.05) is 11.9 Å². The van der Waals surface area contributed by atoms with E-state index in [0.717, 1.165) is 0 Å². The van der Waals surface area contributed by atoms with Crippen LogP contribution in [-0.2, 0) is 4.74 Å². The molecule has 0 aliphatic carbocycles. The lowest BCUT2D eigenvalue weighted by atomic mass is 10.1. The number of nitrogens with one attached hydrogen (secondary N) is 1. The normalized spacial score (nSPS) is 11.1. The highest BCUT2D eigenvalue weighted by atomic mass is 35.5. The molecule has 0 atom stereocenters. The fraction of sp³-hybridized carbons (Fsp3) is 0.429. The minimum Gasteiger partial charge on any atom is -0.444 e. The van der Waals surface area contributed by atoms with Crippen molar-refractivity contribution < 1.29 is 14.3 Å². The summed E-state index contributed by atoms with van der Waals surface area (Å²) in [4.78, 5) is 23.7. The number of ketones is 1. The van der Waals surface area contributed by atoms with E-state index in [0.29, 0.717) is 16.3 Å². The summed E-state index contributed by atoms with van der Waals surface area (Å²) < 4.78 is 5.15. The van der Waals surface area contributed by atoms with Crippen molar-refractivity contribution in [3.05, 3.63) is 28.8 Å². The molecule has 0 saturated carbocycles. The van der Waals surface area contributed by atoms with Crippen LogP contribution in [0, 0.1) is 0 Å². The predicted molar refractivity (Wildman–Crippen MR) is 79.3 cm³/mol. The van der Waals surface area contributed by atoms with Gasteiger partial charge in [0.25, 0.3) is 0 Å². The van der Waals surface area contributed by atoms with Gasteiger partial charge in [0.15, 0.2) is 5.78 Å². The molecule has 0 aromatic heterocycles. The second-order valence-electron chi connectivity index (χ2n) is 5.28. The van der Waals surface area contributed by atoms with Crippen molar-refractivity contribution in [1.29, 1.82) is 0 Å². The number of rotatable bonds is 4. The predicted octanol–water partition coefficient (Wildman–Crippen LogP) is 3.22. The maximum atomic E-state index is 12.0. The molecule has 3 N–H and O–H groups in total. The topological polar surface area (TPSA) is 81.4 Å². The first-order chi connectivity index (χ1) is 9.23. The molecule has 0 aliphatic rings. The van der Waals surface area contributed by atoms with Gasteiger partial charge in [0, 0.05) is 17.0 Å². The molecule has 1 aromatic carbocycles. The molecule has 0 aliphatic heterocycles. The van der Waals surface area contributed by atoms with Gasteiger partial charge in [-0.05, 0) is 45.5 Å². The van der Waals surface area contributed by atoms with Crippen LogP contribution in [0.2, 0.25) is 5.02 Å². The molecule has 0 bridgehead atoms. The first-order valence-corrected chi connectivity index (χ1v) is 6.63. The van der Waals surface area contributed by atoms with Crippen molar-refractivity contribution in [3.63, 3.8) is 0 Å². The quantitative estimate of drug-likeness (QED) is 0.836. The van der Waals surface area contributed by atoms with Crippen LogP contribution < -0.4 is 11.1 Å². The van der Waals surface area contributed by atoms with Crippen LogP contribution in [0.5, 0.6) is 0 Å². The van der Waals surface area contributed by atoms with Crippen LogP contribution in [-0.4, -0.2) is 24.0 Å². The molecule has 1 rings (SSSR count). The van der Waals surface area contributed by atoms with E-state index in [4.69, 9.17) is 22.1 Å². The average molecular weight is 299 g/mol. The summed E-state index contributed by atoms with van der Waals surface area (Å²) in [5.41, 5.74) is 5.45. The van der Waals surface area contributed by atoms with Crippen LogP contribution in [0.3, 0.4) is 0 Å². The van der Waals surface area contributed by atoms with E-state index in [-0.39, 0.29) is 18.7 Å². The molecule has 5 nitrogen and oxygen atoms in total. The number of hydrogen-bond acceptors (Lipinski definition) is 4. The molecule has 1 amide bonds. The maximum Gasteiger partial charge on any atom is 0.412 e. The van der Waals surface area contributed by atoms with Crippen molar-refractivity contribution in [2.24, 2.45) is 5.73 Å². The Labute approximate surface area is 123 Å². The Kier molecular flexibility index (Phi) is 5.53. The molecule has 0 radical (unpaired) electrons. The fourth-order valence-electron chi connectivity index (χ4n) is 1.54. The Morgan fingerprint density at radius 2 is 2.00 bits per heavy atom. The van der Waals surface area contributed by atoms with Gasteiger partial charge in [-0.15, -0.1) is 0 Å². The lowest BCUT2D eigenvalue weighted by Gasteiger charge is -2.20. The number of carbonyl (C=O) groups is 2. The van der Waals surface area contributed by atoms with Gasteiger partial charge in [0.1, 0.15) is 5.60 Å². The molecule has 0 spiro atoms. The third kappa shape index (κ3) is 5.19. The zero-order chi connectivity index (χ0) is 15.3. The Balaban J connectivity index is 2.94. The van der Waals surface area contributed by atoms with Gasteiger partial charge in [0.05, 0.1) is 5.69 Å². The average Bonchev–Trinajstić information content (AvgIpc) is 2.29. The number of carbonyl (C=O) groups excluding carboxylic acids is 2. The van der Waals surface area contributed by atoms with Gasteiger partial charge in [-0.2, -0.15) is 0 Å². The van der Waals surface area contributed by atoms with Crippen molar-refractivity contribution in [1.82, 2.24) is 0 Å². The Hall–Kier alpha value is -1.59. The van der Waals surface area contributed by atoms with E-state index in [1.807, 2.05) is 0 Å². The number of Topliss-reactive ketones (excluding diaryl/α,β-unsaturated/α-hetero) is 1. The van der Waals surface area contributed by atoms with Crippen LogP contribution in [0.25, 0.3) is 0 Å². The summed E-state index contributed by atoms with van der Waals surface area (Å²) in [5, 5.41) is 2.97. The Bertz CT molecular complexity index is 510. The summed E-state index contributed by atoms with van der Waals surface area (Å²) >= 11 is 5.88. The Morgan fingerprint density at radius 3 is 2.55 bits per heavy atom. The minimum absolute atomic E-state index is 0.180. The number of nitrogens with two attached hydrogens (primary N) is 1. The minimum atomic E-state index is -0.623.